The third-order valence-electron chi connectivity index (χ3n) is 4.14. The molecule has 0 saturated carbocycles. The second-order valence-corrected chi connectivity index (χ2v) is 5.61. The molecule has 0 unspecified atom stereocenters. The van der Waals surface area contributed by atoms with E-state index in [4.69, 9.17) is 0 Å². The molecule has 114 valence electrons. The van der Waals surface area contributed by atoms with Crippen LogP contribution in [-0.4, -0.2) is 16.8 Å². The zero-order valence-electron chi connectivity index (χ0n) is 12.3. The number of nitrogens with one attached hydrogen (secondary N) is 3. The number of rotatable bonds is 3. The molecule has 5 nitrogen and oxygen atoms in total. The first kappa shape index (κ1) is 13.6. The Morgan fingerprint density at radius 1 is 1.09 bits per heavy atom. The van der Waals surface area contributed by atoms with E-state index in [1.807, 2.05) is 48.7 Å². The molecule has 2 aromatic carbocycles. The van der Waals surface area contributed by atoms with E-state index in [9.17, 15) is 9.59 Å². The molecule has 0 saturated heterocycles. The highest BCUT2D eigenvalue weighted by molar-refractivity contribution is 6.03. The van der Waals surface area contributed by atoms with Crippen LogP contribution in [0, 0.1) is 0 Å². The van der Waals surface area contributed by atoms with Gasteiger partial charge < -0.3 is 15.6 Å². The summed E-state index contributed by atoms with van der Waals surface area (Å²) in [6.07, 6.45) is 2.05. The van der Waals surface area contributed by atoms with Crippen LogP contribution < -0.4 is 10.6 Å². The zero-order valence-corrected chi connectivity index (χ0v) is 12.3. The number of carbonyl (C=O) groups excluding carboxylic acids is 2. The molecule has 0 spiro atoms. The van der Waals surface area contributed by atoms with Crippen LogP contribution in [0.25, 0.3) is 10.9 Å². The molecule has 0 bridgehead atoms. The fourth-order valence-corrected chi connectivity index (χ4v) is 3.06. The van der Waals surface area contributed by atoms with Crippen LogP contribution >= 0.6 is 0 Å². The van der Waals surface area contributed by atoms with E-state index < -0.39 is 0 Å². The summed E-state index contributed by atoms with van der Waals surface area (Å²) < 4.78 is 0. The van der Waals surface area contributed by atoms with Crippen molar-refractivity contribution in [3.63, 3.8) is 0 Å². The van der Waals surface area contributed by atoms with Crippen molar-refractivity contribution in [2.24, 2.45) is 0 Å². The average Bonchev–Trinajstić information content (AvgIpc) is 3.14. The number of benzene rings is 2. The summed E-state index contributed by atoms with van der Waals surface area (Å²) in [5.74, 6) is -0.244. The van der Waals surface area contributed by atoms with Gasteiger partial charge in [-0.2, -0.15) is 0 Å². The van der Waals surface area contributed by atoms with Gasteiger partial charge in [-0.15, -0.1) is 0 Å². The summed E-state index contributed by atoms with van der Waals surface area (Å²) in [5.41, 5.74) is 3.28. The van der Waals surface area contributed by atoms with Crippen LogP contribution in [0.4, 0.5) is 5.69 Å². The predicted octanol–water partition coefficient (Wildman–Crippen LogP) is 2.98. The predicted molar refractivity (Wildman–Crippen MR) is 88.2 cm³/mol. The molecule has 0 aliphatic carbocycles. The zero-order chi connectivity index (χ0) is 15.8. The molecule has 3 N–H and O–H groups in total. The lowest BCUT2D eigenvalue weighted by Gasteiger charge is -2.12. The second-order valence-electron chi connectivity index (χ2n) is 5.61. The van der Waals surface area contributed by atoms with Gasteiger partial charge in [0.2, 0.25) is 5.91 Å². The number of fused-ring (bicyclic) bond motifs is 2. The standard InChI is InChI=1S/C18H15N3O2/c22-17(20-15-7-3-6-14-13(15)8-9-19-14)10-16-11-4-1-2-5-12(11)18(23)21-16/h1-9,16,19H,10H2,(H,20,22)(H,21,23)/t16-/m0/s1. The van der Waals surface area contributed by atoms with Gasteiger partial charge in [-0.3, -0.25) is 9.59 Å². The molecular weight excluding hydrogens is 290 g/mol. The second kappa shape index (κ2) is 5.28. The maximum atomic E-state index is 12.4. The maximum Gasteiger partial charge on any atom is 0.252 e. The van der Waals surface area contributed by atoms with Crippen LogP contribution in [0.5, 0.6) is 0 Å². The molecule has 1 aliphatic heterocycles. The molecule has 5 heteroatoms. The number of anilines is 1. The third kappa shape index (κ3) is 2.36. The van der Waals surface area contributed by atoms with Gasteiger partial charge in [0.25, 0.3) is 5.91 Å². The van der Waals surface area contributed by atoms with Gasteiger partial charge in [0.15, 0.2) is 0 Å². The van der Waals surface area contributed by atoms with Gasteiger partial charge >= 0.3 is 0 Å². The van der Waals surface area contributed by atoms with E-state index in [0.717, 1.165) is 22.2 Å². The highest BCUT2D eigenvalue weighted by Gasteiger charge is 2.29. The van der Waals surface area contributed by atoms with Crippen LogP contribution in [0.15, 0.2) is 54.7 Å². The Kier molecular flexibility index (Phi) is 3.12. The summed E-state index contributed by atoms with van der Waals surface area (Å²) in [6.45, 7) is 0. The summed E-state index contributed by atoms with van der Waals surface area (Å²) in [7, 11) is 0. The fourth-order valence-electron chi connectivity index (χ4n) is 3.06. The Bertz CT molecular complexity index is 913. The minimum absolute atomic E-state index is 0.119. The van der Waals surface area contributed by atoms with Gasteiger partial charge in [-0.1, -0.05) is 24.3 Å². The molecule has 0 fully saturated rings. The summed E-state index contributed by atoms with van der Waals surface area (Å²) in [4.78, 5) is 27.4. The number of hydrogen-bond acceptors (Lipinski definition) is 2. The van der Waals surface area contributed by atoms with Gasteiger partial charge in [0, 0.05) is 22.7 Å². The Labute approximate surface area is 132 Å². The van der Waals surface area contributed by atoms with Crippen LogP contribution in [0.2, 0.25) is 0 Å². The maximum absolute atomic E-state index is 12.4. The molecule has 0 radical (unpaired) electrons. The van der Waals surface area contributed by atoms with Crippen LogP contribution in [0.1, 0.15) is 28.4 Å². The Morgan fingerprint density at radius 2 is 1.96 bits per heavy atom. The number of H-pyrrole nitrogens is 1. The van der Waals surface area contributed by atoms with Crippen molar-refractivity contribution >= 4 is 28.4 Å². The first-order valence-electron chi connectivity index (χ1n) is 7.48. The number of aromatic nitrogens is 1. The molecule has 2 amide bonds. The monoisotopic (exact) mass is 305 g/mol. The van der Waals surface area contributed by atoms with Crippen molar-refractivity contribution in [2.45, 2.75) is 12.5 Å². The minimum atomic E-state index is -0.274. The quantitative estimate of drug-likeness (QED) is 0.696. The van der Waals surface area contributed by atoms with Gasteiger partial charge in [-0.25, -0.2) is 0 Å². The van der Waals surface area contributed by atoms with E-state index in [2.05, 4.69) is 15.6 Å². The lowest BCUT2D eigenvalue weighted by atomic mass is 10.0. The van der Waals surface area contributed by atoms with Gasteiger partial charge in [0.1, 0.15) is 0 Å². The molecule has 1 aromatic heterocycles. The minimum Gasteiger partial charge on any atom is -0.361 e. The molecule has 4 rings (SSSR count). The highest BCUT2D eigenvalue weighted by Crippen LogP contribution is 2.28. The molecular formula is C18H15N3O2. The summed E-state index contributed by atoms with van der Waals surface area (Å²) in [6, 6.07) is 14.7. The average molecular weight is 305 g/mol. The van der Waals surface area contributed by atoms with E-state index in [-0.39, 0.29) is 24.3 Å². The van der Waals surface area contributed by atoms with E-state index in [1.165, 1.54) is 0 Å². The Balaban J connectivity index is 1.53. The van der Waals surface area contributed by atoms with Crippen molar-refractivity contribution in [1.29, 1.82) is 0 Å². The normalized spacial score (nSPS) is 16.2. The van der Waals surface area contributed by atoms with Gasteiger partial charge in [-0.05, 0) is 29.8 Å². The smallest absolute Gasteiger partial charge is 0.252 e. The third-order valence-corrected chi connectivity index (χ3v) is 4.14. The lowest BCUT2D eigenvalue weighted by Crippen LogP contribution is -2.24. The Hall–Kier alpha value is -3.08. The first-order chi connectivity index (χ1) is 11.2. The SMILES string of the molecule is O=C(C[C@@H]1NC(=O)c2ccccc21)Nc1cccc2[nH]ccc12. The lowest BCUT2D eigenvalue weighted by molar-refractivity contribution is -0.116. The van der Waals surface area contributed by atoms with Crippen LogP contribution in [0.3, 0.4) is 0 Å². The number of aromatic amines is 1. The van der Waals surface area contributed by atoms with Gasteiger partial charge in [0.05, 0.1) is 18.2 Å². The van der Waals surface area contributed by atoms with Crippen molar-refractivity contribution in [2.75, 3.05) is 5.32 Å². The Morgan fingerprint density at radius 3 is 2.87 bits per heavy atom. The summed E-state index contributed by atoms with van der Waals surface area (Å²) in [5, 5.41) is 6.76. The van der Waals surface area contributed by atoms with Crippen molar-refractivity contribution < 1.29 is 9.59 Å². The van der Waals surface area contributed by atoms with E-state index >= 15 is 0 Å². The molecule has 1 aliphatic rings. The van der Waals surface area contributed by atoms with E-state index in [0.29, 0.717) is 5.56 Å². The molecule has 3 aromatic rings. The molecule has 2 heterocycles. The molecule has 23 heavy (non-hydrogen) atoms. The number of carbonyl (C=O) groups is 2. The van der Waals surface area contributed by atoms with Crippen molar-refractivity contribution in [1.82, 2.24) is 10.3 Å². The summed E-state index contributed by atoms with van der Waals surface area (Å²) >= 11 is 0. The highest BCUT2D eigenvalue weighted by atomic mass is 16.2. The largest absolute Gasteiger partial charge is 0.361 e. The molecule has 1 atom stereocenters. The van der Waals surface area contributed by atoms with Crippen molar-refractivity contribution in [3.05, 3.63) is 65.9 Å². The topological polar surface area (TPSA) is 74.0 Å². The van der Waals surface area contributed by atoms with Crippen LogP contribution in [-0.2, 0) is 4.79 Å². The van der Waals surface area contributed by atoms with E-state index in [1.54, 1.807) is 6.07 Å². The number of hydrogen-bond donors (Lipinski definition) is 3. The first-order valence-corrected chi connectivity index (χ1v) is 7.48. The number of amides is 2. The fraction of sp³-hybridized carbons (Fsp3) is 0.111. The van der Waals surface area contributed by atoms with Crippen molar-refractivity contribution in [3.8, 4) is 0 Å².